The number of imidazole rings is 2. The van der Waals surface area contributed by atoms with E-state index in [1.165, 1.54) is 0 Å². The standard InChI is InChI=1S/C11H10BrN5/c1-8-10-11(12)15-9(17(10)5-3-14-8)6-16-4-2-13-7-16/h2-5,7H,6H2,1H3. The molecular formula is C11H10BrN5. The molecule has 6 heteroatoms. The van der Waals surface area contributed by atoms with Crippen LogP contribution in [0.3, 0.4) is 0 Å². The van der Waals surface area contributed by atoms with Gasteiger partial charge in [0.25, 0.3) is 0 Å². The summed E-state index contributed by atoms with van der Waals surface area (Å²) in [5, 5.41) is 0. The third kappa shape index (κ3) is 1.74. The summed E-state index contributed by atoms with van der Waals surface area (Å²) in [4.78, 5) is 12.8. The SMILES string of the molecule is Cc1nccn2c(Cn3ccnc3)nc(Br)c12. The Hall–Kier alpha value is -1.69. The lowest BCUT2D eigenvalue weighted by atomic mass is 10.4. The molecule has 5 nitrogen and oxygen atoms in total. The number of aryl methyl sites for hydroxylation is 1. The Morgan fingerprint density at radius 2 is 2.18 bits per heavy atom. The van der Waals surface area contributed by atoms with Crippen molar-refractivity contribution in [2.24, 2.45) is 0 Å². The lowest BCUT2D eigenvalue weighted by Crippen LogP contribution is -2.02. The number of hydrogen-bond acceptors (Lipinski definition) is 3. The molecule has 3 rings (SSSR count). The Kier molecular flexibility index (Phi) is 2.44. The first-order chi connectivity index (χ1) is 8.25. The highest BCUT2D eigenvalue weighted by Crippen LogP contribution is 2.21. The summed E-state index contributed by atoms with van der Waals surface area (Å²) in [6, 6.07) is 0. The van der Waals surface area contributed by atoms with Gasteiger partial charge in [-0.15, -0.1) is 0 Å². The third-order valence-electron chi connectivity index (χ3n) is 2.65. The lowest BCUT2D eigenvalue weighted by molar-refractivity contribution is 0.738. The molecule has 0 unspecified atom stereocenters. The molecule has 0 saturated heterocycles. The smallest absolute Gasteiger partial charge is 0.134 e. The van der Waals surface area contributed by atoms with E-state index in [-0.39, 0.29) is 0 Å². The minimum absolute atomic E-state index is 0.691. The molecule has 0 atom stereocenters. The van der Waals surface area contributed by atoms with Gasteiger partial charge < -0.3 is 4.57 Å². The normalized spacial score (nSPS) is 11.2. The molecule has 86 valence electrons. The number of hydrogen-bond donors (Lipinski definition) is 0. The monoisotopic (exact) mass is 291 g/mol. The van der Waals surface area contributed by atoms with E-state index in [0.717, 1.165) is 21.6 Å². The van der Waals surface area contributed by atoms with Crippen LogP contribution < -0.4 is 0 Å². The Bertz CT molecular complexity index is 656. The van der Waals surface area contributed by atoms with E-state index in [4.69, 9.17) is 0 Å². The van der Waals surface area contributed by atoms with Gasteiger partial charge in [0.1, 0.15) is 15.9 Å². The highest BCUT2D eigenvalue weighted by Gasteiger charge is 2.11. The summed E-state index contributed by atoms with van der Waals surface area (Å²) in [6.45, 7) is 2.67. The van der Waals surface area contributed by atoms with Crippen LogP contribution in [0.1, 0.15) is 11.5 Å². The van der Waals surface area contributed by atoms with Gasteiger partial charge in [-0.3, -0.25) is 9.38 Å². The molecule has 0 aliphatic carbocycles. The Balaban J connectivity index is 2.15. The number of aromatic nitrogens is 5. The second-order valence-corrected chi connectivity index (χ2v) is 4.54. The molecule has 17 heavy (non-hydrogen) atoms. The van der Waals surface area contributed by atoms with Crippen LogP contribution in [0.15, 0.2) is 35.7 Å². The minimum Gasteiger partial charge on any atom is -0.330 e. The van der Waals surface area contributed by atoms with Gasteiger partial charge in [-0.05, 0) is 22.9 Å². The van der Waals surface area contributed by atoms with Crippen molar-refractivity contribution in [1.29, 1.82) is 0 Å². The quantitative estimate of drug-likeness (QED) is 0.726. The Labute approximate surface area is 106 Å². The van der Waals surface area contributed by atoms with Crippen molar-refractivity contribution in [3.05, 3.63) is 47.2 Å². The van der Waals surface area contributed by atoms with E-state index in [0.29, 0.717) is 6.54 Å². The van der Waals surface area contributed by atoms with Crippen molar-refractivity contribution >= 4 is 21.4 Å². The van der Waals surface area contributed by atoms with Crippen molar-refractivity contribution < 1.29 is 0 Å². The van der Waals surface area contributed by atoms with E-state index >= 15 is 0 Å². The largest absolute Gasteiger partial charge is 0.330 e. The summed E-state index contributed by atoms with van der Waals surface area (Å²) < 4.78 is 4.86. The van der Waals surface area contributed by atoms with Crippen molar-refractivity contribution in [1.82, 2.24) is 23.9 Å². The summed E-state index contributed by atoms with van der Waals surface area (Å²) >= 11 is 3.48. The van der Waals surface area contributed by atoms with Crippen LogP contribution in [0.5, 0.6) is 0 Å². The summed E-state index contributed by atoms with van der Waals surface area (Å²) in [5.41, 5.74) is 1.98. The van der Waals surface area contributed by atoms with Crippen LogP contribution in [-0.4, -0.2) is 23.9 Å². The topological polar surface area (TPSA) is 48.0 Å². The van der Waals surface area contributed by atoms with E-state index in [1.807, 2.05) is 28.3 Å². The van der Waals surface area contributed by atoms with Gasteiger partial charge in [-0.2, -0.15) is 0 Å². The second-order valence-electron chi connectivity index (χ2n) is 3.79. The van der Waals surface area contributed by atoms with Gasteiger partial charge >= 0.3 is 0 Å². The molecule has 3 aromatic rings. The van der Waals surface area contributed by atoms with Gasteiger partial charge in [0.2, 0.25) is 0 Å². The number of nitrogens with zero attached hydrogens (tertiary/aromatic N) is 5. The molecule has 0 N–H and O–H groups in total. The fourth-order valence-electron chi connectivity index (χ4n) is 1.86. The highest BCUT2D eigenvalue weighted by molar-refractivity contribution is 9.10. The average Bonchev–Trinajstić information content (AvgIpc) is 2.90. The molecule has 0 spiro atoms. The maximum atomic E-state index is 4.52. The molecule has 0 saturated carbocycles. The fraction of sp³-hybridized carbons (Fsp3) is 0.182. The Morgan fingerprint density at radius 3 is 2.94 bits per heavy atom. The van der Waals surface area contributed by atoms with Crippen LogP contribution in [0.2, 0.25) is 0 Å². The maximum absolute atomic E-state index is 4.52. The van der Waals surface area contributed by atoms with Crippen LogP contribution >= 0.6 is 15.9 Å². The second kappa shape index (κ2) is 3.96. The van der Waals surface area contributed by atoms with Crippen LogP contribution in [-0.2, 0) is 6.54 Å². The molecule has 3 heterocycles. The van der Waals surface area contributed by atoms with Gasteiger partial charge in [0, 0.05) is 24.8 Å². The van der Waals surface area contributed by atoms with E-state index in [1.54, 1.807) is 18.7 Å². The zero-order valence-electron chi connectivity index (χ0n) is 9.21. The van der Waals surface area contributed by atoms with Crippen molar-refractivity contribution in [3.8, 4) is 0 Å². The number of fused-ring (bicyclic) bond motifs is 1. The van der Waals surface area contributed by atoms with Gasteiger partial charge in [0.05, 0.1) is 18.6 Å². The van der Waals surface area contributed by atoms with Crippen molar-refractivity contribution in [2.75, 3.05) is 0 Å². The van der Waals surface area contributed by atoms with Crippen molar-refractivity contribution in [3.63, 3.8) is 0 Å². The lowest BCUT2D eigenvalue weighted by Gasteiger charge is -2.02. The summed E-state index contributed by atoms with van der Waals surface area (Å²) in [5.74, 6) is 0.954. The molecule has 0 radical (unpaired) electrons. The first-order valence-corrected chi connectivity index (χ1v) is 5.99. The molecule has 3 aromatic heterocycles. The van der Waals surface area contributed by atoms with Crippen LogP contribution in [0.25, 0.3) is 5.52 Å². The summed E-state index contributed by atoms with van der Waals surface area (Å²) in [6.07, 6.45) is 9.17. The minimum atomic E-state index is 0.691. The predicted octanol–water partition coefficient (Wildman–Crippen LogP) is 2.05. The molecule has 0 aliphatic rings. The summed E-state index contributed by atoms with van der Waals surface area (Å²) in [7, 11) is 0. The Morgan fingerprint density at radius 1 is 1.29 bits per heavy atom. The molecule has 0 fully saturated rings. The van der Waals surface area contributed by atoms with E-state index in [2.05, 4.69) is 30.9 Å². The molecule has 0 aliphatic heterocycles. The van der Waals surface area contributed by atoms with Crippen molar-refractivity contribution in [2.45, 2.75) is 13.5 Å². The highest BCUT2D eigenvalue weighted by atomic mass is 79.9. The average molecular weight is 292 g/mol. The van der Waals surface area contributed by atoms with E-state index in [9.17, 15) is 0 Å². The van der Waals surface area contributed by atoms with Gasteiger partial charge in [-0.25, -0.2) is 9.97 Å². The van der Waals surface area contributed by atoms with Crippen LogP contribution in [0.4, 0.5) is 0 Å². The number of rotatable bonds is 2. The first kappa shape index (κ1) is 10.5. The predicted molar refractivity (Wildman–Crippen MR) is 66.8 cm³/mol. The zero-order chi connectivity index (χ0) is 11.8. The fourth-order valence-corrected chi connectivity index (χ4v) is 2.54. The van der Waals surface area contributed by atoms with Gasteiger partial charge in [0.15, 0.2) is 0 Å². The first-order valence-electron chi connectivity index (χ1n) is 5.19. The molecular weight excluding hydrogens is 282 g/mol. The van der Waals surface area contributed by atoms with Gasteiger partial charge in [-0.1, -0.05) is 0 Å². The number of halogens is 1. The maximum Gasteiger partial charge on any atom is 0.134 e. The zero-order valence-corrected chi connectivity index (χ0v) is 10.8. The molecule has 0 amide bonds. The third-order valence-corrected chi connectivity index (χ3v) is 3.20. The van der Waals surface area contributed by atoms with Crippen LogP contribution in [0, 0.1) is 6.92 Å². The molecule has 0 aromatic carbocycles. The van der Waals surface area contributed by atoms with E-state index < -0.39 is 0 Å². The molecule has 0 bridgehead atoms.